The van der Waals surface area contributed by atoms with Gasteiger partial charge >= 0.3 is 0 Å². The zero-order chi connectivity index (χ0) is 13.8. The molecule has 1 aromatic heterocycles. The summed E-state index contributed by atoms with van der Waals surface area (Å²) in [6, 6.07) is 3.56. The quantitative estimate of drug-likeness (QED) is 0.884. The Kier molecular flexibility index (Phi) is 5.87. The van der Waals surface area contributed by atoms with Gasteiger partial charge in [0.2, 0.25) is 0 Å². The zero-order valence-electron chi connectivity index (χ0n) is 12.2. The summed E-state index contributed by atoms with van der Waals surface area (Å²) in [7, 11) is 0. The lowest BCUT2D eigenvalue weighted by Crippen LogP contribution is -2.43. The number of hydrogen-bond acceptors (Lipinski definition) is 3. The Balaban J connectivity index is 2.02. The van der Waals surface area contributed by atoms with E-state index in [1.807, 2.05) is 11.3 Å². The van der Waals surface area contributed by atoms with Crippen LogP contribution in [0.25, 0.3) is 0 Å². The lowest BCUT2D eigenvalue weighted by molar-refractivity contribution is 0.182. The Labute approximate surface area is 129 Å². The highest BCUT2D eigenvalue weighted by Crippen LogP contribution is 2.24. The van der Waals surface area contributed by atoms with E-state index in [-0.39, 0.29) is 0 Å². The van der Waals surface area contributed by atoms with Crippen LogP contribution in [0, 0.1) is 5.92 Å². The monoisotopic (exact) mass is 344 g/mol. The first-order chi connectivity index (χ1) is 9.10. The lowest BCUT2D eigenvalue weighted by atomic mass is 9.99. The van der Waals surface area contributed by atoms with E-state index in [9.17, 15) is 0 Å². The molecule has 0 bridgehead atoms. The van der Waals surface area contributed by atoms with Gasteiger partial charge in [0.25, 0.3) is 0 Å². The second-order valence-corrected chi connectivity index (χ2v) is 7.66. The Bertz CT molecular complexity index is 393. The van der Waals surface area contributed by atoms with Crippen molar-refractivity contribution in [1.29, 1.82) is 0 Å². The van der Waals surface area contributed by atoms with Crippen LogP contribution in [-0.2, 0) is 6.54 Å². The molecular weight excluding hydrogens is 320 g/mol. The van der Waals surface area contributed by atoms with Crippen LogP contribution in [0.3, 0.4) is 0 Å². The molecule has 0 aromatic carbocycles. The van der Waals surface area contributed by atoms with Gasteiger partial charge in [0, 0.05) is 39.9 Å². The van der Waals surface area contributed by atoms with Crippen LogP contribution < -0.4 is 5.32 Å². The number of nitrogens with zero attached hydrogens (tertiary/aromatic N) is 1. The Morgan fingerprint density at radius 3 is 3.00 bits per heavy atom. The van der Waals surface area contributed by atoms with Gasteiger partial charge in [-0.25, -0.2) is 0 Å². The number of rotatable bonds is 4. The van der Waals surface area contributed by atoms with Gasteiger partial charge in [0.1, 0.15) is 0 Å². The van der Waals surface area contributed by atoms with E-state index in [0.717, 1.165) is 19.0 Å². The molecule has 19 heavy (non-hydrogen) atoms. The topological polar surface area (TPSA) is 15.3 Å². The summed E-state index contributed by atoms with van der Waals surface area (Å²) in [5.41, 5.74) is 0. The second kappa shape index (κ2) is 7.21. The summed E-state index contributed by atoms with van der Waals surface area (Å²) >= 11 is 5.41. The first-order valence-corrected chi connectivity index (χ1v) is 8.97. The Morgan fingerprint density at radius 1 is 1.58 bits per heavy atom. The Morgan fingerprint density at radius 2 is 2.37 bits per heavy atom. The third-order valence-electron chi connectivity index (χ3n) is 4.33. The molecule has 2 rings (SSSR count). The molecule has 0 spiro atoms. The molecule has 1 saturated heterocycles. The molecule has 1 aromatic rings. The molecule has 0 aliphatic carbocycles. The molecule has 1 aliphatic heterocycles. The smallest absolute Gasteiger partial charge is 0.0331 e. The van der Waals surface area contributed by atoms with Crippen molar-refractivity contribution in [2.45, 2.75) is 52.2 Å². The van der Waals surface area contributed by atoms with Gasteiger partial charge in [-0.1, -0.05) is 20.3 Å². The summed E-state index contributed by atoms with van der Waals surface area (Å²) in [5.74, 6) is 0.753. The standard InChI is InChI=1S/C15H25BrN2S/c1-4-11(2)15-9-18(12(3)5-6-17-15)8-14-7-13(16)10-19-14/h7,10-12,15,17H,4-6,8-9H2,1-3H3. The summed E-state index contributed by atoms with van der Waals surface area (Å²) in [6.45, 7) is 10.4. The van der Waals surface area contributed by atoms with Crippen molar-refractivity contribution in [1.82, 2.24) is 10.2 Å². The molecule has 1 fully saturated rings. The van der Waals surface area contributed by atoms with E-state index in [0.29, 0.717) is 12.1 Å². The fourth-order valence-electron chi connectivity index (χ4n) is 2.68. The van der Waals surface area contributed by atoms with Crippen LogP contribution in [0.5, 0.6) is 0 Å². The van der Waals surface area contributed by atoms with E-state index < -0.39 is 0 Å². The fourth-order valence-corrected chi connectivity index (χ4v) is 4.16. The van der Waals surface area contributed by atoms with E-state index in [4.69, 9.17) is 0 Å². The summed E-state index contributed by atoms with van der Waals surface area (Å²) in [6.07, 6.45) is 2.50. The zero-order valence-corrected chi connectivity index (χ0v) is 14.6. The molecular formula is C15H25BrN2S. The first-order valence-electron chi connectivity index (χ1n) is 7.30. The van der Waals surface area contributed by atoms with Gasteiger partial charge in [0.15, 0.2) is 0 Å². The number of hydrogen-bond donors (Lipinski definition) is 1. The Hall–Kier alpha value is 0.1000. The van der Waals surface area contributed by atoms with Crippen LogP contribution in [0.1, 0.15) is 38.5 Å². The highest BCUT2D eigenvalue weighted by Gasteiger charge is 2.25. The third-order valence-corrected chi connectivity index (χ3v) is 6.02. The summed E-state index contributed by atoms with van der Waals surface area (Å²) in [4.78, 5) is 4.11. The van der Waals surface area contributed by atoms with Gasteiger partial charge in [-0.3, -0.25) is 4.90 Å². The lowest BCUT2D eigenvalue weighted by Gasteiger charge is -2.30. The number of thiophene rings is 1. The van der Waals surface area contributed by atoms with Crippen molar-refractivity contribution in [3.8, 4) is 0 Å². The van der Waals surface area contributed by atoms with E-state index in [2.05, 4.69) is 58.4 Å². The highest BCUT2D eigenvalue weighted by molar-refractivity contribution is 9.10. The maximum Gasteiger partial charge on any atom is 0.0331 e. The van der Waals surface area contributed by atoms with Gasteiger partial charge in [-0.15, -0.1) is 11.3 Å². The van der Waals surface area contributed by atoms with E-state index >= 15 is 0 Å². The van der Waals surface area contributed by atoms with Crippen molar-refractivity contribution in [2.24, 2.45) is 5.92 Å². The van der Waals surface area contributed by atoms with Gasteiger partial charge in [-0.2, -0.15) is 0 Å². The minimum absolute atomic E-state index is 0.637. The average molecular weight is 345 g/mol. The first kappa shape index (κ1) is 15.5. The van der Waals surface area contributed by atoms with Crippen LogP contribution in [0.4, 0.5) is 0 Å². The fraction of sp³-hybridized carbons (Fsp3) is 0.733. The van der Waals surface area contributed by atoms with Crippen molar-refractivity contribution in [3.63, 3.8) is 0 Å². The largest absolute Gasteiger partial charge is 0.312 e. The molecule has 1 N–H and O–H groups in total. The molecule has 2 heterocycles. The van der Waals surface area contributed by atoms with Crippen LogP contribution in [0.15, 0.2) is 15.9 Å². The third kappa shape index (κ3) is 4.28. The van der Waals surface area contributed by atoms with Crippen LogP contribution in [-0.4, -0.2) is 30.1 Å². The van der Waals surface area contributed by atoms with Gasteiger partial charge in [-0.05, 0) is 47.8 Å². The molecule has 3 unspecified atom stereocenters. The maximum absolute atomic E-state index is 3.74. The van der Waals surface area contributed by atoms with Gasteiger partial charge < -0.3 is 5.32 Å². The van der Waals surface area contributed by atoms with Crippen LogP contribution in [0.2, 0.25) is 0 Å². The molecule has 4 heteroatoms. The molecule has 1 aliphatic rings. The minimum atomic E-state index is 0.637. The molecule has 0 radical (unpaired) electrons. The molecule has 0 amide bonds. The van der Waals surface area contributed by atoms with E-state index in [1.54, 1.807) is 0 Å². The van der Waals surface area contributed by atoms with Crippen molar-refractivity contribution in [2.75, 3.05) is 13.1 Å². The second-order valence-electron chi connectivity index (χ2n) is 5.74. The predicted molar refractivity (Wildman–Crippen MR) is 87.8 cm³/mol. The molecule has 3 atom stereocenters. The predicted octanol–water partition coefficient (Wildman–Crippen LogP) is 4.11. The average Bonchev–Trinajstić information content (AvgIpc) is 2.71. The molecule has 0 saturated carbocycles. The molecule has 2 nitrogen and oxygen atoms in total. The maximum atomic E-state index is 3.74. The highest BCUT2D eigenvalue weighted by atomic mass is 79.9. The summed E-state index contributed by atoms with van der Waals surface area (Å²) < 4.78 is 1.21. The van der Waals surface area contributed by atoms with Gasteiger partial charge in [0.05, 0.1) is 0 Å². The van der Waals surface area contributed by atoms with Crippen molar-refractivity contribution < 1.29 is 0 Å². The van der Waals surface area contributed by atoms with Crippen molar-refractivity contribution >= 4 is 27.3 Å². The minimum Gasteiger partial charge on any atom is -0.312 e. The SMILES string of the molecule is CCC(C)C1CN(Cc2cc(Br)cs2)C(C)CCN1. The number of halogens is 1. The van der Waals surface area contributed by atoms with Crippen LogP contribution >= 0.6 is 27.3 Å². The number of nitrogens with one attached hydrogen (secondary N) is 1. The molecule has 108 valence electrons. The summed E-state index contributed by atoms with van der Waals surface area (Å²) in [5, 5.41) is 5.92. The van der Waals surface area contributed by atoms with Crippen molar-refractivity contribution in [3.05, 3.63) is 20.8 Å². The van der Waals surface area contributed by atoms with E-state index in [1.165, 1.54) is 28.7 Å². The normalized spacial score (nSPS) is 27.2.